The first-order valence-corrected chi connectivity index (χ1v) is 6.81. The number of benzene rings is 2. The van der Waals surface area contributed by atoms with Crippen LogP contribution in [0.1, 0.15) is 11.1 Å². The molecule has 0 aromatic heterocycles. The smallest absolute Gasteiger partial charge is 0.142 e. The van der Waals surface area contributed by atoms with Gasteiger partial charge >= 0.3 is 0 Å². The summed E-state index contributed by atoms with van der Waals surface area (Å²) >= 11 is 17.8. The van der Waals surface area contributed by atoms with Crippen molar-refractivity contribution in [2.45, 2.75) is 12.5 Å². The molecule has 100 valence electrons. The third-order valence-electron chi connectivity index (χ3n) is 2.57. The van der Waals surface area contributed by atoms with Gasteiger partial charge < -0.3 is 4.74 Å². The standard InChI is InChI=1S/C14H10Cl3FO/c15-7-9-2-1-3-13(17)14(9)19-8-10-6-11(18)4-5-12(10)16/h1-6H,7-8H2. The molecule has 0 amide bonds. The van der Waals surface area contributed by atoms with Gasteiger partial charge in [-0.25, -0.2) is 4.39 Å². The Labute approximate surface area is 125 Å². The fourth-order valence-electron chi connectivity index (χ4n) is 1.62. The second kappa shape index (κ2) is 6.47. The van der Waals surface area contributed by atoms with Crippen LogP contribution in [-0.2, 0) is 12.5 Å². The monoisotopic (exact) mass is 318 g/mol. The highest BCUT2D eigenvalue weighted by Crippen LogP contribution is 2.31. The predicted octanol–water partition coefficient (Wildman–Crippen LogP) is 5.45. The van der Waals surface area contributed by atoms with Crippen LogP contribution in [0.4, 0.5) is 4.39 Å². The minimum atomic E-state index is -0.361. The van der Waals surface area contributed by atoms with E-state index >= 15 is 0 Å². The number of halogens is 4. The minimum absolute atomic E-state index is 0.129. The molecule has 5 heteroatoms. The van der Waals surface area contributed by atoms with Gasteiger partial charge in [0.05, 0.1) is 10.9 Å². The third kappa shape index (κ3) is 3.53. The van der Waals surface area contributed by atoms with E-state index in [1.807, 2.05) is 6.07 Å². The van der Waals surface area contributed by atoms with E-state index in [1.54, 1.807) is 12.1 Å². The zero-order valence-electron chi connectivity index (χ0n) is 9.80. The van der Waals surface area contributed by atoms with Crippen molar-refractivity contribution in [3.63, 3.8) is 0 Å². The summed E-state index contributed by atoms with van der Waals surface area (Å²) in [6.45, 7) is 0.129. The van der Waals surface area contributed by atoms with Gasteiger partial charge in [-0.1, -0.05) is 35.3 Å². The molecule has 19 heavy (non-hydrogen) atoms. The van der Waals surface area contributed by atoms with Gasteiger partial charge in [-0.2, -0.15) is 0 Å². The van der Waals surface area contributed by atoms with Crippen LogP contribution in [0.2, 0.25) is 10.0 Å². The van der Waals surface area contributed by atoms with Crippen LogP contribution < -0.4 is 4.74 Å². The Balaban J connectivity index is 2.21. The maximum atomic E-state index is 13.1. The summed E-state index contributed by atoms with van der Waals surface area (Å²) in [4.78, 5) is 0. The second-order valence-corrected chi connectivity index (χ2v) is 4.97. The van der Waals surface area contributed by atoms with Crippen molar-refractivity contribution in [3.05, 3.63) is 63.4 Å². The molecule has 0 aliphatic rings. The first-order valence-electron chi connectivity index (χ1n) is 5.52. The maximum absolute atomic E-state index is 13.1. The van der Waals surface area contributed by atoms with E-state index in [0.717, 1.165) is 5.56 Å². The van der Waals surface area contributed by atoms with Crippen LogP contribution in [0.3, 0.4) is 0 Å². The quantitative estimate of drug-likeness (QED) is 0.681. The first kappa shape index (κ1) is 14.4. The second-order valence-electron chi connectivity index (χ2n) is 3.89. The number of alkyl halides is 1. The maximum Gasteiger partial charge on any atom is 0.142 e. The van der Waals surface area contributed by atoms with E-state index in [0.29, 0.717) is 21.4 Å². The Bertz CT molecular complexity index is 587. The van der Waals surface area contributed by atoms with Gasteiger partial charge in [-0.3, -0.25) is 0 Å². The summed E-state index contributed by atoms with van der Waals surface area (Å²) in [5.74, 6) is 0.423. The Morgan fingerprint density at radius 1 is 1.00 bits per heavy atom. The van der Waals surface area contributed by atoms with Gasteiger partial charge in [0.15, 0.2) is 0 Å². The van der Waals surface area contributed by atoms with Crippen LogP contribution in [0.5, 0.6) is 5.75 Å². The summed E-state index contributed by atoms with van der Waals surface area (Å²) in [5.41, 5.74) is 1.34. The lowest BCUT2D eigenvalue weighted by molar-refractivity contribution is 0.303. The summed E-state index contributed by atoms with van der Waals surface area (Å²) in [6.07, 6.45) is 0. The molecule has 0 saturated carbocycles. The zero-order valence-corrected chi connectivity index (χ0v) is 12.1. The molecular formula is C14H10Cl3FO. The summed E-state index contributed by atoms with van der Waals surface area (Å²) in [5, 5.41) is 0.909. The fourth-order valence-corrected chi connectivity index (χ4v) is 2.26. The van der Waals surface area contributed by atoms with Crippen molar-refractivity contribution >= 4 is 34.8 Å². The molecule has 2 aromatic carbocycles. The van der Waals surface area contributed by atoms with Crippen LogP contribution >= 0.6 is 34.8 Å². The molecule has 1 nitrogen and oxygen atoms in total. The van der Waals surface area contributed by atoms with Crippen molar-refractivity contribution in [2.24, 2.45) is 0 Å². The van der Waals surface area contributed by atoms with Crippen LogP contribution in [0.25, 0.3) is 0 Å². The van der Waals surface area contributed by atoms with Crippen molar-refractivity contribution < 1.29 is 9.13 Å². The molecule has 0 saturated heterocycles. The number of hydrogen-bond acceptors (Lipinski definition) is 1. The Kier molecular flexibility index (Phi) is 4.92. The number of para-hydroxylation sites is 1. The van der Waals surface area contributed by atoms with Gasteiger partial charge in [0, 0.05) is 16.1 Å². The average Bonchev–Trinajstić information content (AvgIpc) is 2.40. The summed E-state index contributed by atoms with van der Waals surface area (Å²) in [7, 11) is 0. The van der Waals surface area contributed by atoms with Gasteiger partial charge in [0.25, 0.3) is 0 Å². The van der Waals surface area contributed by atoms with Crippen molar-refractivity contribution in [1.82, 2.24) is 0 Å². The minimum Gasteiger partial charge on any atom is -0.487 e. The molecule has 2 aromatic rings. The van der Waals surface area contributed by atoms with E-state index in [4.69, 9.17) is 39.5 Å². The highest BCUT2D eigenvalue weighted by Gasteiger charge is 2.09. The predicted molar refractivity (Wildman–Crippen MR) is 76.8 cm³/mol. The largest absolute Gasteiger partial charge is 0.487 e. The third-order valence-corrected chi connectivity index (χ3v) is 3.53. The lowest BCUT2D eigenvalue weighted by atomic mass is 10.2. The molecule has 0 aliphatic heterocycles. The van der Waals surface area contributed by atoms with Gasteiger partial charge in [0.1, 0.15) is 18.2 Å². The Hall–Kier alpha value is -0.960. The molecule has 0 spiro atoms. The number of rotatable bonds is 4. The number of ether oxygens (including phenoxy) is 1. The van der Waals surface area contributed by atoms with Crippen molar-refractivity contribution in [3.8, 4) is 5.75 Å². The molecule has 0 unspecified atom stereocenters. The highest BCUT2D eigenvalue weighted by molar-refractivity contribution is 6.32. The number of hydrogen-bond donors (Lipinski definition) is 0. The molecule has 0 radical (unpaired) electrons. The van der Waals surface area contributed by atoms with Crippen LogP contribution in [0.15, 0.2) is 36.4 Å². The molecule has 0 bridgehead atoms. The first-order chi connectivity index (χ1) is 9.11. The van der Waals surface area contributed by atoms with Crippen molar-refractivity contribution in [1.29, 1.82) is 0 Å². The average molecular weight is 320 g/mol. The van der Waals surface area contributed by atoms with Crippen LogP contribution in [0, 0.1) is 5.82 Å². The van der Waals surface area contributed by atoms with E-state index in [2.05, 4.69) is 0 Å². The van der Waals surface area contributed by atoms with Crippen LogP contribution in [-0.4, -0.2) is 0 Å². The lowest BCUT2D eigenvalue weighted by Crippen LogP contribution is -2.00. The Morgan fingerprint density at radius 3 is 2.53 bits per heavy atom. The van der Waals surface area contributed by atoms with E-state index in [1.165, 1.54) is 18.2 Å². The fraction of sp³-hybridized carbons (Fsp3) is 0.143. The normalized spacial score (nSPS) is 10.5. The molecule has 0 fully saturated rings. The molecule has 0 heterocycles. The molecule has 0 aliphatic carbocycles. The molecule has 2 rings (SSSR count). The summed E-state index contributed by atoms with van der Waals surface area (Å²) in [6, 6.07) is 9.44. The molecular weight excluding hydrogens is 310 g/mol. The molecule has 0 N–H and O–H groups in total. The van der Waals surface area contributed by atoms with E-state index in [-0.39, 0.29) is 18.3 Å². The Morgan fingerprint density at radius 2 is 1.79 bits per heavy atom. The topological polar surface area (TPSA) is 9.23 Å². The van der Waals surface area contributed by atoms with E-state index in [9.17, 15) is 4.39 Å². The van der Waals surface area contributed by atoms with E-state index < -0.39 is 0 Å². The van der Waals surface area contributed by atoms with Gasteiger partial charge in [-0.15, -0.1) is 11.6 Å². The summed E-state index contributed by atoms with van der Waals surface area (Å²) < 4.78 is 18.7. The van der Waals surface area contributed by atoms with Gasteiger partial charge in [0.2, 0.25) is 0 Å². The lowest BCUT2D eigenvalue weighted by Gasteiger charge is -2.12. The SMILES string of the molecule is Fc1ccc(Cl)c(COc2c(Cl)cccc2CCl)c1. The highest BCUT2D eigenvalue weighted by atomic mass is 35.5. The van der Waals surface area contributed by atoms with Gasteiger partial charge in [-0.05, 0) is 24.3 Å². The zero-order chi connectivity index (χ0) is 13.8. The van der Waals surface area contributed by atoms with Crippen molar-refractivity contribution in [2.75, 3.05) is 0 Å². The molecule has 0 atom stereocenters.